The van der Waals surface area contributed by atoms with Gasteiger partial charge in [0.15, 0.2) is 5.82 Å². The second-order valence-electron chi connectivity index (χ2n) is 3.54. The van der Waals surface area contributed by atoms with Gasteiger partial charge in [0.2, 0.25) is 0 Å². The van der Waals surface area contributed by atoms with Crippen LogP contribution in [-0.2, 0) is 6.54 Å². The van der Waals surface area contributed by atoms with E-state index in [0.29, 0.717) is 17.5 Å². The minimum Gasteiger partial charge on any atom is -0.362 e. The fourth-order valence-electron chi connectivity index (χ4n) is 1.12. The summed E-state index contributed by atoms with van der Waals surface area (Å²) in [5, 5.41) is 13.8. The van der Waals surface area contributed by atoms with Gasteiger partial charge in [-0.05, 0) is 11.6 Å². The first kappa shape index (κ1) is 13.2. The summed E-state index contributed by atoms with van der Waals surface area (Å²) in [7, 11) is 3.45. The standard InChI is InChI=1S/C10H13ClN4O2/c1-14(2)10(7-15(16)17)13-6-8-3-4-9(11)12-5-8/h3-5,7,13H,6H2,1-2H3. The van der Waals surface area contributed by atoms with Gasteiger partial charge in [0.25, 0.3) is 6.20 Å². The zero-order chi connectivity index (χ0) is 12.8. The molecule has 0 saturated heterocycles. The number of aromatic nitrogens is 1. The predicted octanol–water partition coefficient (Wildman–Crippen LogP) is 1.46. The van der Waals surface area contributed by atoms with Gasteiger partial charge in [0.1, 0.15) is 5.15 Å². The van der Waals surface area contributed by atoms with Crippen molar-refractivity contribution in [3.63, 3.8) is 0 Å². The van der Waals surface area contributed by atoms with Crippen LogP contribution in [0.25, 0.3) is 0 Å². The summed E-state index contributed by atoms with van der Waals surface area (Å²) in [5.41, 5.74) is 0.894. The van der Waals surface area contributed by atoms with Gasteiger partial charge in [0, 0.05) is 26.8 Å². The zero-order valence-electron chi connectivity index (χ0n) is 9.55. The summed E-state index contributed by atoms with van der Waals surface area (Å²) in [6.07, 6.45) is 2.54. The van der Waals surface area contributed by atoms with Crippen molar-refractivity contribution in [1.29, 1.82) is 0 Å². The van der Waals surface area contributed by atoms with E-state index in [0.717, 1.165) is 11.8 Å². The summed E-state index contributed by atoms with van der Waals surface area (Å²) in [6.45, 7) is 0.446. The highest BCUT2D eigenvalue weighted by molar-refractivity contribution is 6.29. The van der Waals surface area contributed by atoms with E-state index in [1.165, 1.54) is 0 Å². The molecule has 7 heteroatoms. The van der Waals surface area contributed by atoms with E-state index in [2.05, 4.69) is 10.3 Å². The van der Waals surface area contributed by atoms with Crippen molar-refractivity contribution in [2.24, 2.45) is 0 Å². The Morgan fingerprint density at radius 3 is 2.82 bits per heavy atom. The van der Waals surface area contributed by atoms with Crippen LogP contribution >= 0.6 is 11.6 Å². The van der Waals surface area contributed by atoms with Gasteiger partial charge in [-0.3, -0.25) is 10.1 Å². The Balaban J connectivity index is 2.64. The van der Waals surface area contributed by atoms with Crippen molar-refractivity contribution in [2.45, 2.75) is 6.54 Å². The number of pyridine rings is 1. The van der Waals surface area contributed by atoms with Crippen LogP contribution in [0.3, 0.4) is 0 Å². The molecule has 0 amide bonds. The van der Waals surface area contributed by atoms with Crippen LogP contribution in [0.15, 0.2) is 30.4 Å². The Hall–Kier alpha value is -1.82. The average molecular weight is 257 g/mol. The van der Waals surface area contributed by atoms with Crippen molar-refractivity contribution >= 4 is 11.6 Å². The van der Waals surface area contributed by atoms with Gasteiger partial charge in [0.05, 0.1) is 4.92 Å². The van der Waals surface area contributed by atoms with E-state index in [1.807, 2.05) is 6.07 Å². The number of nitro groups is 1. The summed E-state index contributed by atoms with van der Waals surface area (Å²) >= 11 is 5.65. The highest BCUT2D eigenvalue weighted by Gasteiger charge is 2.05. The lowest BCUT2D eigenvalue weighted by Crippen LogP contribution is -2.26. The molecule has 0 saturated carbocycles. The van der Waals surface area contributed by atoms with Crippen LogP contribution in [0.1, 0.15) is 5.56 Å². The molecule has 0 unspecified atom stereocenters. The summed E-state index contributed by atoms with van der Waals surface area (Å²) in [5.74, 6) is 0.421. The molecule has 1 aromatic rings. The minimum atomic E-state index is -0.498. The van der Waals surface area contributed by atoms with E-state index in [4.69, 9.17) is 11.6 Å². The van der Waals surface area contributed by atoms with Crippen LogP contribution < -0.4 is 5.32 Å². The van der Waals surface area contributed by atoms with E-state index in [-0.39, 0.29) is 0 Å². The first-order valence-electron chi connectivity index (χ1n) is 4.86. The van der Waals surface area contributed by atoms with Crippen molar-refractivity contribution < 1.29 is 4.92 Å². The molecule has 0 aliphatic heterocycles. The second kappa shape index (κ2) is 6.05. The second-order valence-corrected chi connectivity index (χ2v) is 3.92. The molecule has 92 valence electrons. The lowest BCUT2D eigenvalue weighted by Gasteiger charge is -2.16. The van der Waals surface area contributed by atoms with Gasteiger partial charge < -0.3 is 10.2 Å². The zero-order valence-corrected chi connectivity index (χ0v) is 10.3. The number of rotatable bonds is 5. The molecule has 0 fully saturated rings. The highest BCUT2D eigenvalue weighted by Crippen LogP contribution is 2.05. The fourth-order valence-corrected chi connectivity index (χ4v) is 1.23. The third kappa shape index (κ3) is 4.69. The fraction of sp³-hybridized carbons (Fsp3) is 0.300. The third-order valence-electron chi connectivity index (χ3n) is 1.97. The number of nitrogens with zero attached hydrogens (tertiary/aromatic N) is 3. The Labute approximate surface area is 104 Å². The maximum Gasteiger partial charge on any atom is 0.274 e. The van der Waals surface area contributed by atoms with Crippen LogP contribution in [-0.4, -0.2) is 28.9 Å². The summed E-state index contributed by atoms with van der Waals surface area (Å²) < 4.78 is 0. The van der Waals surface area contributed by atoms with Crippen molar-refractivity contribution in [1.82, 2.24) is 15.2 Å². The molecule has 0 aliphatic carbocycles. The van der Waals surface area contributed by atoms with Gasteiger partial charge in [-0.1, -0.05) is 17.7 Å². The average Bonchev–Trinajstić information content (AvgIpc) is 2.25. The van der Waals surface area contributed by atoms with Gasteiger partial charge >= 0.3 is 0 Å². The number of halogens is 1. The SMILES string of the molecule is CN(C)C(=C[N+](=O)[O-])NCc1ccc(Cl)nc1. The monoisotopic (exact) mass is 256 g/mol. The topological polar surface area (TPSA) is 71.3 Å². The molecule has 17 heavy (non-hydrogen) atoms. The first-order chi connectivity index (χ1) is 7.99. The van der Waals surface area contributed by atoms with Crippen LogP contribution in [0, 0.1) is 10.1 Å². The quantitative estimate of drug-likeness (QED) is 0.491. The summed E-state index contributed by atoms with van der Waals surface area (Å²) in [6, 6.07) is 3.48. The Bertz CT molecular complexity index is 417. The largest absolute Gasteiger partial charge is 0.362 e. The molecule has 0 spiro atoms. The van der Waals surface area contributed by atoms with Crippen molar-refractivity contribution in [3.8, 4) is 0 Å². The minimum absolute atomic E-state index is 0.419. The lowest BCUT2D eigenvalue weighted by atomic mass is 10.3. The van der Waals surface area contributed by atoms with Crippen molar-refractivity contribution in [2.75, 3.05) is 14.1 Å². The number of hydrogen-bond donors (Lipinski definition) is 1. The smallest absolute Gasteiger partial charge is 0.274 e. The Morgan fingerprint density at radius 2 is 2.35 bits per heavy atom. The molecule has 1 rings (SSSR count). The van der Waals surface area contributed by atoms with E-state index < -0.39 is 4.92 Å². The summed E-state index contributed by atoms with van der Waals surface area (Å²) in [4.78, 5) is 15.5. The van der Waals surface area contributed by atoms with Gasteiger partial charge in [-0.2, -0.15) is 0 Å². The molecule has 6 nitrogen and oxygen atoms in total. The predicted molar refractivity (Wildman–Crippen MR) is 64.9 cm³/mol. The normalized spacial score (nSPS) is 11.1. The molecule has 0 aliphatic rings. The van der Waals surface area contributed by atoms with Gasteiger partial charge in [-0.15, -0.1) is 0 Å². The molecule has 0 aromatic carbocycles. The van der Waals surface area contributed by atoms with E-state index >= 15 is 0 Å². The Kier molecular flexibility index (Phi) is 4.71. The van der Waals surface area contributed by atoms with Gasteiger partial charge in [-0.25, -0.2) is 4.98 Å². The molecule has 1 aromatic heterocycles. The third-order valence-corrected chi connectivity index (χ3v) is 2.20. The molecular formula is C10H13ClN4O2. The first-order valence-corrected chi connectivity index (χ1v) is 5.24. The highest BCUT2D eigenvalue weighted by atomic mass is 35.5. The number of hydrogen-bond acceptors (Lipinski definition) is 5. The molecule has 0 atom stereocenters. The lowest BCUT2D eigenvalue weighted by molar-refractivity contribution is -0.404. The Morgan fingerprint density at radius 1 is 1.65 bits per heavy atom. The molecule has 0 bridgehead atoms. The number of nitrogens with one attached hydrogen (secondary N) is 1. The van der Waals surface area contributed by atoms with Crippen LogP contribution in [0.4, 0.5) is 0 Å². The van der Waals surface area contributed by atoms with Crippen LogP contribution in [0.2, 0.25) is 5.15 Å². The van der Waals surface area contributed by atoms with E-state index in [1.54, 1.807) is 31.3 Å². The molecule has 1 heterocycles. The van der Waals surface area contributed by atoms with Crippen molar-refractivity contribution in [3.05, 3.63) is 51.2 Å². The van der Waals surface area contributed by atoms with Crippen LogP contribution in [0.5, 0.6) is 0 Å². The maximum atomic E-state index is 10.4. The molecular weight excluding hydrogens is 244 g/mol. The molecule has 0 radical (unpaired) electrons. The maximum absolute atomic E-state index is 10.4. The van der Waals surface area contributed by atoms with E-state index in [9.17, 15) is 10.1 Å². The molecule has 1 N–H and O–H groups in total.